The van der Waals surface area contributed by atoms with Gasteiger partial charge in [0.05, 0.1) is 11.8 Å². The predicted octanol–water partition coefficient (Wildman–Crippen LogP) is 0.869. The van der Waals surface area contributed by atoms with E-state index in [9.17, 15) is 39.6 Å². The van der Waals surface area contributed by atoms with Gasteiger partial charge >= 0.3 is 23.9 Å². The van der Waals surface area contributed by atoms with Gasteiger partial charge in [-0.3, -0.25) is 19.2 Å². The highest BCUT2D eigenvalue weighted by Gasteiger charge is 2.58. The molecule has 0 saturated carbocycles. The van der Waals surface area contributed by atoms with Crippen molar-refractivity contribution in [3.63, 3.8) is 0 Å². The first-order valence-corrected chi connectivity index (χ1v) is 9.56. The van der Waals surface area contributed by atoms with Gasteiger partial charge < -0.3 is 25.2 Å². The number of esters is 1. The van der Waals surface area contributed by atoms with Crippen LogP contribution in [-0.4, -0.2) is 74.1 Å². The molecule has 0 aromatic carbocycles. The van der Waals surface area contributed by atoms with E-state index in [0.29, 0.717) is 6.42 Å². The summed E-state index contributed by atoms with van der Waals surface area (Å²) >= 11 is 0. The largest absolute Gasteiger partial charge is 0.481 e. The number of ether oxygens (including phenoxy) is 1. The fourth-order valence-corrected chi connectivity index (χ4v) is 3.90. The second kappa shape index (κ2) is 9.53. The quantitative estimate of drug-likeness (QED) is 0.375. The maximum Gasteiger partial charge on any atom is 0.321 e. The molecule has 1 saturated heterocycles. The SMILES string of the molecule is CCC(C)(C)C(=O)OCC(O)N1C(C(=O)O)C(CC(=O)O)C(C(C)C)C1C(=O)O. The monoisotopic (exact) mass is 417 g/mol. The van der Waals surface area contributed by atoms with Crippen LogP contribution in [0.1, 0.15) is 47.5 Å². The van der Waals surface area contributed by atoms with E-state index in [1.54, 1.807) is 34.6 Å². The summed E-state index contributed by atoms with van der Waals surface area (Å²) in [7, 11) is 0. The number of aliphatic hydroxyl groups excluding tert-OH is 1. The third kappa shape index (κ3) is 5.45. The fourth-order valence-electron chi connectivity index (χ4n) is 3.90. The zero-order valence-corrected chi connectivity index (χ0v) is 17.4. The van der Waals surface area contributed by atoms with Gasteiger partial charge in [-0.1, -0.05) is 20.8 Å². The number of rotatable bonds is 10. The molecule has 5 atom stereocenters. The molecule has 0 aromatic rings. The number of aliphatic hydroxyl groups is 1. The second-order valence-corrected chi connectivity index (χ2v) is 8.41. The number of carboxylic acid groups (broad SMARTS) is 3. The number of aliphatic carboxylic acids is 3. The van der Waals surface area contributed by atoms with Crippen molar-refractivity contribution in [1.82, 2.24) is 4.90 Å². The van der Waals surface area contributed by atoms with Gasteiger partial charge in [-0.25, -0.2) is 4.90 Å². The van der Waals surface area contributed by atoms with Crippen molar-refractivity contribution >= 4 is 23.9 Å². The molecule has 0 radical (unpaired) electrons. The molecule has 0 spiro atoms. The molecule has 0 aliphatic carbocycles. The Morgan fingerprint density at radius 2 is 1.55 bits per heavy atom. The van der Waals surface area contributed by atoms with Crippen molar-refractivity contribution in [3.8, 4) is 0 Å². The van der Waals surface area contributed by atoms with Crippen molar-refractivity contribution < 1.29 is 44.3 Å². The van der Waals surface area contributed by atoms with Crippen LogP contribution in [0.25, 0.3) is 0 Å². The Labute approximate surface area is 169 Å². The Hall–Kier alpha value is -2.20. The molecule has 29 heavy (non-hydrogen) atoms. The average molecular weight is 417 g/mol. The zero-order chi connectivity index (χ0) is 22.7. The van der Waals surface area contributed by atoms with E-state index in [1.807, 2.05) is 0 Å². The normalized spacial score (nSPS) is 26.3. The van der Waals surface area contributed by atoms with Gasteiger partial charge in [-0.2, -0.15) is 0 Å². The number of nitrogens with zero attached hydrogens (tertiary/aromatic N) is 1. The Kier molecular flexibility index (Phi) is 8.16. The summed E-state index contributed by atoms with van der Waals surface area (Å²) in [5.74, 6) is -6.92. The molecule has 1 aliphatic rings. The van der Waals surface area contributed by atoms with Gasteiger partial charge in [0.1, 0.15) is 24.9 Å². The summed E-state index contributed by atoms with van der Waals surface area (Å²) < 4.78 is 5.11. The number of carbonyl (C=O) groups excluding carboxylic acids is 1. The van der Waals surface area contributed by atoms with Crippen LogP contribution in [0.4, 0.5) is 0 Å². The molecule has 1 rings (SSSR count). The van der Waals surface area contributed by atoms with E-state index < -0.39 is 72.5 Å². The standard InChI is InChI=1S/C19H31NO9/c1-6-19(4,5)18(28)29-8-11(21)20-14(16(24)25)10(7-12(22)23)13(9(2)3)15(20)17(26)27/h9-11,13-15,21H,6-8H2,1-5H3,(H,22,23)(H,24,25)(H,26,27). The first-order valence-electron chi connectivity index (χ1n) is 9.56. The Bertz CT molecular complexity index is 646. The number of likely N-dealkylation sites (tertiary alicyclic amines) is 1. The second-order valence-electron chi connectivity index (χ2n) is 8.41. The van der Waals surface area contributed by atoms with Crippen LogP contribution in [0.5, 0.6) is 0 Å². The molecule has 10 heteroatoms. The highest BCUT2D eigenvalue weighted by molar-refractivity contribution is 5.81. The van der Waals surface area contributed by atoms with Gasteiger partial charge in [-0.05, 0) is 32.1 Å². The molecule has 0 aromatic heterocycles. The summed E-state index contributed by atoms with van der Waals surface area (Å²) in [4.78, 5) is 48.3. The first-order chi connectivity index (χ1) is 13.3. The third-order valence-electron chi connectivity index (χ3n) is 5.74. The van der Waals surface area contributed by atoms with E-state index in [1.165, 1.54) is 0 Å². The van der Waals surface area contributed by atoms with Crippen LogP contribution in [0.3, 0.4) is 0 Å². The highest BCUT2D eigenvalue weighted by atomic mass is 16.5. The molecular weight excluding hydrogens is 386 g/mol. The van der Waals surface area contributed by atoms with E-state index >= 15 is 0 Å². The lowest BCUT2D eigenvalue weighted by Crippen LogP contribution is -2.53. The molecule has 4 N–H and O–H groups in total. The smallest absolute Gasteiger partial charge is 0.321 e. The van der Waals surface area contributed by atoms with Crippen LogP contribution in [0.15, 0.2) is 0 Å². The summed E-state index contributed by atoms with van der Waals surface area (Å²) in [6.07, 6.45) is -1.80. The van der Waals surface area contributed by atoms with Crippen LogP contribution >= 0.6 is 0 Å². The molecule has 5 unspecified atom stereocenters. The molecule has 1 fully saturated rings. The number of hydrogen-bond donors (Lipinski definition) is 4. The van der Waals surface area contributed by atoms with Crippen LogP contribution in [0.2, 0.25) is 0 Å². The minimum atomic E-state index is -1.71. The van der Waals surface area contributed by atoms with Crippen molar-refractivity contribution in [2.24, 2.45) is 23.2 Å². The van der Waals surface area contributed by atoms with Gasteiger partial charge in [0.2, 0.25) is 0 Å². The van der Waals surface area contributed by atoms with E-state index in [2.05, 4.69) is 0 Å². The van der Waals surface area contributed by atoms with Gasteiger partial charge in [-0.15, -0.1) is 0 Å². The third-order valence-corrected chi connectivity index (χ3v) is 5.74. The first kappa shape index (κ1) is 24.8. The number of hydrogen-bond acceptors (Lipinski definition) is 7. The summed E-state index contributed by atoms with van der Waals surface area (Å²) in [5.41, 5.74) is -0.824. The topological polar surface area (TPSA) is 162 Å². The number of carboxylic acids is 3. The molecule has 1 heterocycles. The van der Waals surface area contributed by atoms with Crippen molar-refractivity contribution in [1.29, 1.82) is 0 Å². The van der Waals surface area contributed by atoms with Crippen LogP contribution in [0, 0.1) is 23.2 Å². The summed E-state index contributed by atoms with van der Waals surface area (Å²) in [6.45, 7) is 7.80. The predicted molar refractivity (Wildman–Crippen MR) is 99.8 cm³/mol. The highest BCUT2D eigenvalue weighted by Crippen LogP contribution is 2.43. The lowest BCUT2D eigenvalue weighted by atomic mass is 9.77. The Morgan fingerprint density at radius 1 is 1.03 bits per heavy atom. The van der Waals surface area contributed by atoms with Crippen LogP contribution < -0.4 is 0 Å². The minimum Gasteiger partial charge on any atom is -0.481 e. The average Bonchev–Trinajstić information content (AvgIpc) is 2.93. The maximum atomic E-state index is 12.2. The lowest BCUT2D eigenvalue weighted by Gasteiger charge is -2.32. The molecule has 0 bridgehead atoms. The Balaban J connectivity index is 3.27. The van der Waals surface area contributed by atoms with Gasteiger partial charge in [0.25, 0.3) is 0 Å². The Morgan fingerprint density at radius 3 is 1.93 bits per heavy atom. The molecule has 10 nitrogen and oxygen atoms in total. The minimum absolute atomic E-state index is 0.360. The van der Waals surface area contributed by atoms with Crippen LogP contribution in [-0.2, 0) is 23.9 Å². The zero-order valence-electron chi connectivity index (χ0n) is 17.4. The van der Waals surface area contributed by atoms with Gasteiger partial charge in [0.15, 0.2) is 0 Å². The fraction of sp³-hybridized carbons (Fsp3) is 0.789. The van der Waals surface area contributed by atoms with E-state index in [0.717, 1.165) is 4.90 Å². The van der Waals surface area contributed by atoms with Gasteiger partial charge in [0, 0.05) is 5.92 Å². The molecule has 0 amide bonds. The molecular formula is C19H31NO9. The van der Waals surface area contributed by atoms with E-state index in [-0.39, 0.29) is 5.92 Å². The van der Waals surface area contributed by atoms with Crippen molar-refractivity contribution in [2.75, 3.05) is 6.61 Å². The van der Waals surface area contributed by atoms with Crippen molar-refractivity contribution in [2.45, 2.75) is 65.8 Å². The van der Waals surface area contributed by atoms with Crippen molar-refractivity contribution in [3.05, 3.63) is 0 Å². The molecule has 1 aliphatic heterocycles. The summed E-state index contributed by atoms with van der Waals surface area (Å²) in [5, 5.41) is 39.3. The number of carbonyl (C=O) groups is 4. The molecule has 166 valence electrons. The summed E-state index contributed by atoms with van der Waals surface area (Å²) in [6, 6.07) is -2.99. The van der Waals surface area contributed by atoms with E-state index in [4.69, 9.17) is 4.74 Å². The maximum absolute atomic E-state index is 12.2. The lowest BCUT2D eigenvalue weighted by molar-refractivity contribution is -0.170.